The van der Waals surface area contributed by atoms with Crippen LogP contribution in [0.2, 0.25) is 0 Å². The Bertz CT molecular complexity index is 667. The Labute approximate surface area is 129 Å². The maximum Gasteiger partial charge on any atom is 0.415 e. The van der Waals surface area contributed by atoms with Crippen LogP contribution in [0.1, 0.15) is 17.2 Å². The Kier molecular flexibility index (Phi) is 4.21. The van der Waals surface area contributed by atoms with Gasteiger partial charge < -0.3 is 9.84 Å². The third kappa shape index (κ3) is 3.02. The maximum absolute atomic E-state index is 12.1. The second-order valence-electron chi connectivity index (χ2n) is 5.13. The van der Waals surface area contributed by atoms with Gasteiger partial charge >= 0.3 is 6.09 Å². The van der Waals surface area contributed by atoms with E-state index in [0.717, 1.165) is 11.1 Å². The van der Waals surface area contributed by atoms with Gasteiger partial charge in [0.2, 0.25) is 0 Å². The van der Waals surface area contributed by atoms with E-state index < -0.39 is 12.1 Å². The van der Waals surface area contributed by atoms with Crippen molar-refractivity contribution < 1.29 is 14.6 Å². The molecule has 1 fully saturated rings. The monoisotopic (exact) mass is 295 g/mol. The SMILES string of the molecule is O=C1O/C(=C\c2ccccc2)CN1C(CO)c1ccccc1. The van der Waals surface area contributed by atoms with Gasteiger partial charge in [-0.05, 0) is 17.2 Å². The van der Waals surface area contributed by atoms with E-state index in [9.17, 15) is 9.90 Å². The Morgan fingerprint density at radius 1 is 1.09 bits per heavy atom. The van der Waals surface area contributed by atoms with Crippen LogP contribution in [0.3, 0.4) is 0 Å². The first-order chi connectivity index (χ1) is 10.8. The molecule has 1 atom stereocenters. The number of nitrogens with zero attached hydrogens (tertiary/aromatic N) is 1. The summed E-state index contributed by atoms with van der Waals surface area (Å²) in [6, 6.07) is 18.8. The van der Waals surface area contributed by atoms with E-state index in [-0.39, 0.29) is 6.61 Å². The van der Waals surface area contributed by atoms with Gasteiger partial charge in [0.25, 0.3) is 0 Å². The lowest BCUT2D eigenvalue weighted by molar-refractivity contribution is 0.129. The van der Waals surface area contributed by atoms with Crippen LogP contribution in [-0.2, 0) is 4.74 Å². The average molecular weight is 295 g/mol. The Balaban J connectivity index is 1.81. The summed E-state index contributed by atoms with van der Waals surface area (Å²) >= 11 is 0. The van der Waals surface area contributed by atoms with Gasteiger partial charge in [0.05, 0.1) is 19.2 Å². The van der Waals surface area contributed by atoms with Crippen LogP contribution < -0.4 is 0 Å². The lowest BCUT2D eigenvalue weighted by atomic mass is 10.1. The Morgan fingerprint density at radius 3 is 2.36 bits per heavy atom. The highest BCUT2D eigenvalue weighted by Crippen LogP contribution is 2.28. The molecular formula is C18H17NO3. The van der Waals surface area contributed by atoms with Gasteiger partial charge in [0, 0.05) is 0 Å². The van der Waals surface area contributed by atoms with Crippen LogP contribution in [0.4, 0.5) is 4.79 Å². The third-order valence-electron chi connectivity index (χ3n) is 3.64. The van der Waals surface area contributed by atoms with E-state index in [2.05, 4.69) is 0 Å². The molecule has 0 aliphatic carbocycles. The van der Waals surface area contributed by atoms with Crippen molar-refractivity contribution in [3.05, 3.63) is 77.5 Å². The molecule has 1 N–H and O–H groups in total. The largest absolute Gasteiger partial charge is 0.415 e. The van der Waals surface area contributed by atoms with Crippen LogP contribution in [0.5, 0.6) is 0 Å². The summed E-state index contributed by atoms with van der Waals surface area (Å²) in [7, 11) is 0. The predicted molar refractivity (Wildman–Crippen MR) is 83.9 cm³/mol. The zero-order valence-corrected chi connectivity index (χ0v) is 12.1. The van der Waals surface area contributed by atoms with Crippen molar-refractivity contribution in [2.75, 3.05) is 13.2 Å². The average Bonchev–Trinajstić information content (AvgIpc) is 2.91. The molecule has 1 unspecified atom stereocenters. The first kappa shape index (κ1) is 14.4. The summed E-state index contributed by atoms with van der Waals surface area (Å²) in [5.41, 5.74) is 1.87. The number of carbonyl (C=O) groups excluding carboxylic acids is 1. The molecule has 0 saturated carbocycles. The molecule has 3 rings (SSSR count). The summed E-state index contributed by atoms with van der Waals surface area (Å²) in [4.78, 5) is 13.6. The van der Waals surface area contributed by atoms with Gasteiger partial charge in [-0.3, -0.25) is 4.90 Å². The molecule has 1 amide bonds. The van der Waals surface area contributed by atoms with E-state index in [4.69, 9.17) is 4.74 Å². The minimum atomic E-state index is -0.426. The van der Waals surface area contributed by atoms with Gasteiger partial charge in [-0.25, -0.2) is 4.79 Å². The fraction of sp³-hybridized carbons (Fsp3) is 0.167. The first-order valence-corrected chi connectivity index (χ1v) is 7.18. The zero-order chi connectivity index (χ0) is 15.4. The standard InChI is InChI=1S/C18H17NO3/c20-13-17(15-9-5-2-6-10-15)19-12-16(22-18(19)21)11-14-7-3-1-4-8-14/h1-11,17,20H,12-13H2/b16-11-. The molecule has 1 saturated heterocycles. The molecule has 1 aliphatic rings. The molecule has 0 radical (unpaired) electrons. The number of rotatable bonds is 4. The number of benzene rings is 2. The summed E-state index contributed by atoms with van der Waals surface area (Å²) in [6.45, 7) is 0.214. The van der Waals surface area contributed by atoms with Crippen molar-refractivity contribution in [2.45, 2.75) is 6.04 Å². The lowest BCUT2D eigenvalue weighted by Gasteiger charge is -2.23. The third-order valence-corrected chi connectivity index (χ3v) is 3.64. The van der Waals surface area contributed by atoms with E-state index >= 15 is 0 Å². The predicted octanol–water partition coefficient (Wildman–Crippen LogP) is 3.21. The van der Waals surface area contributed by atoms with Crippen LogP contribution in [0.15, 0.2) is 66.4 Å². The van der Waals surface area contributed by atoms with Crippen molar-refractivity contribution >= 4 is 12.2 Å². The zero-order valence-electron chi connectivity index (χ0n) is 12.1. The Morgan fingerprint density at radius 2 is 1.73 bits per heavy atom. The van der Waals surface area contributed by atoms with Crippen molar-refractivity contribution in [3.63, 3.8) is 0 Å². The van der Waals surface area contributed by atoms with Gasteiger partial charge in [0.1, 0.15) is 5.76 Å². The molecule has 112 valence electrons. The molecular weight excluding hydrogens is 278 g/mol. The molecule has 4 heteroatoms. The minimum absolute atomic E-state index is 0.141. The number of cyclic esters (lactones) is 1. The number of aliphatic hydroxyl groups excluding tert-OH is 1. The highest BCUT2D eigenvalue weighted by atomic mass is 16.6. The normalized spacial score (nSPS) is 17.6. The second-order valence-corrected chi connectivity index (χ2v) is 5.13. The van der Waals surface area contributed by atoms with Crippen LogP contribution in [0.25, 0.3) is 6.08 Å². The topological polar surface area (TPSA) is 49.8 Å². The van der Waals surface area contributed by atoms with Gasteiger partial charge in [0.15, 0.2) is 0 Å². The van der Waals surface area contributed by atoms with Gasteiger partial charge in [-0.2, -0.15) is 0 Å². The number of hydrogen-bond donors (Lipinski definition) is 1. The Hall–Kier alpha value is -2.59. The molecule has 4 nitrogen and oxygen atoms in total. The van der Waals surface area contributed by atoms with Crippen LogP contribution >= 0.6 is 0 Å². The molecule has 1 aliphatic heterocycles. The van der Waals surface area contributed by atoms with Crippen molar-refractivity contribution in [2.24, 2.45) is 0 Å². The summed E-state index contributed by atoms with van der Waals surface area (Å²) in [5.74, 6) is 0.589. The number of carbonyl (C=O) groups is 1. The van der Waals surface area contributed by atoms with Gasteiger partial charge in [-0.1, -0.05) is 60.7 Å². The fourth-order valence-corrected chi connectivity index (χ4v) is 2.54. The number of ether oxygens (including phenoxy) is 1. The maximum atomic E-state index is 12.1. The molecule has 0 aromatic heterocycles. The number of amides is 1. The lowest BCUT2D eigenvalue weighted by Crippen LogP contribution is -2.31. The van der Waals surface area contributed by atoms with Crippen molar-refractivity contribution in [1.82, 2.24) is 4.90 Å². The molecule has 2 aromatic rings. The van der Waals surface area contributed by atoms with E-state index in [1.165, 1.54) is 0 Å². The molecule has 22 heavy (non-hydrogen) atoms. The van der Waals surface area contributed by atoms with Crippen LogP contribution in [0, 0.1) is 0 Å². The highest BCUT2D eigenvalue weighted by Gasteiger charge is 2.33. The summed E-state index contributed by atoms with van der Waals surface area (Å²) in [6.07, 6.45) is 1.42. The number of hydrogen-bond acceptors (Lipinski definition) is 3. The molecule has 2 aromatic carbocycles. The number of aliphatic hydroxyl groups is 1. The smallest absolute Gasteiger partial charge is 0.413 e. The van der Waals surface area contributed by atoms with E-state index in [0.29, 0.717) is 12.3 Å². The van der Waals surface area contributed by atoms with E-state index in [1.54, 1.807) is 4.90 Å². The van der Waals surface area contributed by atoms with E-state index in [1.807, 2.05) is 66.7 Å². The minimum Gasteiger partial charge on any atom is -0.413 e. The summed E-state index contributed by atoms with van der Waals surface area (Å²) < 4.78 is 5.32. The fourth-order valence-electron chi connectivity index (χ4n) is 2.54. The molecule has 0 bridgehead atoms. The second kappa shape index (κ2) is 6.45. The van der Waals surface area contributed by atoms with Crippen molar-refractivity contribution in [3.8, 4) is 0 Å². The quantitative estimate of drug-likeness (QED) is 0.942. The van der Waals surface area contributed by atoms with Crippen LogP contribution in [-0.4, -0.2) is 29.3 Å². The van der Waals surface area contributed by atoms with Crippen molar-refractivity contribution in [1.29, 1.82) is 0 Å². The van der Waals surface area contributed by atoms with Gasteiger partial charge in [-0.15, -0.1) is 0 Å². The first-order valence-electron chi connectivity index (χ1n) is 7.18. The summed E-state index contributed by atoms with van der Waals surface area (Å²) in [5, 5.41) is 9.66. The highest BCUT2D eigenvalue weighted by molar-refractivity contribution is 5.75. The molecule has 1 heterocycles. The molecule has 0 spiro atoms.